The molecular formula is C23H20ClFN2O3. The number of anilines is 1. The van der Waals surface area contributed by atoms with Crippen LogP contribution >= 0.6 is 11.6 Å². The molecule has 3 rings (SSSR count). The van der Waals surface area contributed by atoms with Gasteiger partial charge in [-0.05, 0) is 48.9 Å². The fraction of sp³-hybridized carbons (Fsp3) is 0.130. The van der Waals surface area contributed by atoms with Gasteiger partial charge in [0.1, 0.15) is 11.6 Å². The van der Waals surface area contributed by atoms with Crippen LogP contribution in [0, 0.1) is 5.82 Å². The molecule has 7 heteroatoms. The van der Waals surface area contributed by atoms with E-state index in [2.05, 4.69) is 10.6 Å². The molecule has 0 aliphatic rings. The second-order valence-electron chi connectivity index (χ2n) is 6.56. The Bertz CT molecular complexity index is 1060. The summed E-state index contributed by atoms with van der Waals surface area (Å²) in [4.78, 5) is 24.8. The van der Waals surface area contributed by atoms with Crippen LogP contribution in [0.25, 0.3) is 0 Å². The Kier molecular flexibility index (Phi) is 7.03. The van der Waals surface area contributed by atoms with E-state index in [-0.39, 0.29) is 35.6 Å². The Balaban J connectivity index is 1.64. The van der Waals surface area contributed by atoms with E-state index in [1.807, 2.05) is 19.1 Å². The molecule has 0 saturated heterocycles. The monoisotopic (exact) mass is 426 g/mol. The van der Waals surface area contributed by atoms with Gasteiger partial charge in [0.05, 0.1) is 17.3 Å². The standard InChI is InChI=1S/C23H20ClFN2O3/c1-15(16-7-6-8-17(24)13-16)26-23(29)18-9-2-5-12-21(18)30-14-22(28)27-20-11-4-3-10-19(20)25/h2-13,15H,14H2,1H3,(H,26,29)(H,27,28). The highest BCUT2D eigenvalue weighted by atomic mass is 35.5. The third-order valence-corrected chi connectivity index (χ3v) is 4.57. The number of carbonyl (C=O) groups is 2. The van der Waals surface area contributed by atoms with E-state index in [9.17, 15) is 14.0 Å². The predicted octanol–water partition coefficient (Wildman–Crippen LogP) is 4.99. The van der Waals surface area contributed by atoms with E-state index in [1.165, 1.54) is 18.2 Å². The lowest BCUT2D eigenvalue weighted by molar-refractivity contribution is -0.118. The molecule has 3 aromatic carbocycles. The first-order valence-corrected chi connectivity index (χ1v) is 9.64. The minimum absolute atomic E-state index is 0.0625. The number of hydrogen-bond acceptors (Lipinski definition) is 3. The summed E-state index contributed by atoms with van der Waals surface area (Å²) < 4.78 is 19.2. The molecule has 0 spiro atoms. The van der Waals surface area contributed by atoms with E-state index in [4.69, 9.17) is 16.3 Å². The van der Waals surface area contributed by atoms with E-state index < -0.39 is 11.7 Å². The highest BCUT2D eigenvalue weighted by Gasteiger charge is 2.17. The third-order valence-electron chi connectivity index (χ3n) is 4.33. The summed E-state index contributed by atoms with van der Waals surface area (Å²) in [6.07, 6.45) is 0. The van der Waals surface area contributed by atoms with Gasteiger partial charge in [-0.15, -0.1) is 0 Å². The van der Waals surface area contributed by atoms with Gasteiger partial charge in [0.25, 0.3) is 11.8 Å². The van der Waals surface area contributed by atoms with Crippen LogP contribution in [0.3, 0.4) is 0 Å². The molecule has 3 aromatic rings. The number of hydrogen-bond donors (Lipinski definition) is 2. The molecule has 0 radical (unpaired) electrons. The molecule has 0 aliphatic carbocycles. The molecule has 0 fully saturated rings. The third kappa shape index (κ3) is 5.58. The van der Waals surface area contributed by atoms with Crippen LogP contribution in [0.5, 0.6) is 5.75 Å². The van der Waals surface area contributed by atoms with Gasteiger partial charge in [-0.2, -0.15) is 0 Å². The molecule has 1 unspecified atom stereocenters. The fourth-order valence-corrected chi connectivity index (χ4v) is 3.00. The lowest BCUT2D eigenvalue weighted by Gasteiger charge is -2.16. The van der Waals surface area contributed by atoms with Crippen molar-refractivity contribution in [2.24, 2.45) is 0 Å². The first-order valence-electron chi connectivity index (χ1n) is 9.26. The maximum Gasteiger partial charge on any atom is 0.262 e. The number of halogens is 2. The maximum absolute atomic E-state index is 13.7. The predicted molar refractivity (Wildman–Crippen MR) is 114 cm³/mol. The summed E-state index contributed by atoms with van der Waals surface area (Å²) in [5, 5.41) is 5.91. The lowest BCUT2D eigenvalue weighted by atomic mass is 10.1. The zero-order valence-corrected chi connectivity index (χ0v) is 16.9. The fourth-order valence-electron chi connectivity index (χ4n) is 2.81. The number of para-hydroxylation sites is 2. The molecule has 2 amide bonds. The van der Waals surface area contributed by atoms with Gasteiger partial charge in [-0.1, -0.05) is 48.0 Å². The van der Waals surface area contributed by atoms with Crippen LogP contribution in [0.4, 0.5) is 10.1 Å². The van der Waals surface area contributed by atoms with Crippen LogP contribution in [-0.4, -0.2) is 18.4 Å². The minimum atomic E-state index is -0.541. The number of rotatable bonds is 7. The van der Waals surface area contributed by atoms with Crippen molar-refractivity contribution in [3.63, 3.8) is 0 Å². The molecular weight excluding hydrogens is 407 g/mol. The molecule has 0 aliphatic heterocycles. The molecule has 0 aromatic heterocycles. The topological polar surface area (TPSA) is 67.4 Å². The minimum Gasteiger partial charge on any atom is -0.483 e. The number of carbonyl (C=O) groups excluding carboxylic acids is 2. The van der Waals surface area contributed by atoms with Crippen molar-refractivity contribution in [3.8, 4) is 5.75 Å². The summed E-state index contributed by atoms with van der Waals surface area (Å²) >= 11 is 6.01. The quantitative estimate of drug-likeness (QED) is 0.559. The Morgan fingerprint density at radius 3 is 2.53 bits per heavy atom. The van der Waals surface area contributed by atoms with Crippen molar-refractivity contribution in [3.05, 3.63) is 94.8 Å². The molecule has 0 saturated carbocycles. The van der Waals surface area contributed by atoms with Crippen molar-refractivity contribution < 1.29 is 18.7 Å². The molecule has 1 atom stereocenters. The van der Waals surface area contributed by atoms with Crippen LogP contribution in [0.1, 0.15) is 28.9 Å². The maximum atomic E-state index is 13.7. The van der Waals surface area contributed by atoms with Gasteiger partial charge in [0.2, 0.25) is 0 Å². The number of nitrogens with one attached hydrogen (secondary N) is 2. The zero-order valence-electron chi connectivity index (χ0n) is 16.2. The molecule has 0 bridgehead atoms. The highest BCUT2D eigenvalue weighted by Crippen LogP contribution is 2.21. The Hall–Kier alpha value is -3.38. The smallest absolute Gasteiger partial charge is 0.262 e. The number of benzene rings is 3. The van der Waals surface area contributed by atoms with Gasteiger partial charge in [-0.3, -0.25) is 9.59 Å². The Morgan fingerprint density at radius 2 is 1.77 bits per heavy atom. The van der Waals surface area contributed by atoms with E-state index in [0.717, 1.165) is 5.56 Å². The van der Waals surface area contributed by atoms with Crippen LogP contribution in [-0.2, 0) is 4.79 Å². The van der Waals surface area contributed by atoms with Crippen molar-refractivity contribution in [2.45, 2.75) is 13.0 Å². The van der Waals surface area contributed by atoms with E-state index in [1.54, 1.807) is 42.5 Å². The summed E-state index contributed by atoms with van der Waals surface area (Å²) in [7, 11) is 0. The van der Waals surface area contributed by atoms with E-state index in [0.29, 0.717) is 5.02 Å². The van der Waals surface area contributed by atoms with Crippen molar-refractivity contribution in [1.82, 2.24) is 5.32 Å². The average Bonchev–Trinajstić information content (AvgIpc) is 2.74. The number of amides is 2. The molecule has 2 N–H and O–H groups in total. The van der Waals surface area contributed by atoms with Crippen LogP contribution in [0.15, 0.2) is 72.8 Å². The second kappa shape index (κ2) is 9.89. The van der Waals surface area contributed by atoms with E-state index >= 15 is 0 Å². The highest BCUT2D eigenvalue weighted by molar-refractivity contribution is 6.30. The van der Waals surface area contributed by atoms with Gasteiger partial charge in [0, 0.05) is 5.02 Å². The summed E-state index contributed by atoms with van der Waals surface area (Å²) in [6.45, 7) is 1.47. The first kappa shape index (κ1) is 21.3. The zero-order chi connectivity index (χ0) is 21.5. The first-order chi connectivity index (χ1) is 14.4. The van der Waals surface area contributed by atoms with Gasteiger partial charge >= 0.3 is 0 Å². The lowest BCUT2D eigenvalue weighted by Crippen LogP contribution is -2.28. The van der Waals surface area contributed by atoms with Crippen LogP contribution in [0.2, 0.25) is 5.02 Å². The van der Waals surface area contributed by atoms with Crippen molar-refractivity contribution >= 4 is 29.1 Å². The molecule has 0 heterocycles. The van der Waals surface area contributed by atoms with Gasteiger partial charge in [0.15, 0.2) is 6.61 Å². The largest absolute Gasteiger partial charge is 0.483 e. The van der Waals surface area contributed by atoms with Gasteiger partial charge < -0.3 is 15.4 Å². The summed E-state index contributed by atoms with van der Waals surface area (Å²) in [5.74, 6) is -1.19. The molecule has 30 heavy (non-hydrogen) atoms. The van der Waals surface area contributed by atoms with Gasteiger partial charge in [-0.25, -0.2) is 4.39 Å². The van der Waals surface area contributed by atoms with Crippen molar-refractivity contribution in [2.75, 3.05) is 11.9 Å². The number of ether oxygens (including phenoxy) is 1. The van der Waals surface area contributed by atoms with Crippen LogP contribution < -0.4 is 15.4 Å². The Labute approximate surface area is 178 Å². The SMILES string of the molecule is CC(NC(=O)c1ccccc1OCC(=O)Nc1ccccc1F)c1cccc(Cl)c1. The van der Waals surface area contributed by atoms with Crippen molar-refractivity contribution in [1.29, 1.82) is 0 Å². The second-order valence-corrected chi connectivity index (χ2v) is 7.00. The summed E-state index contributed by atoms with van der Waals surface area (Å²) in [6, 6.07) is 19.4. The molecule has 5 nitrogen and oxygen atoms in total. The normalized spacial score (nSPS) is 11.4. The summed E-state index contributed by atoms with van der Waals surface area (Å²) in [5.41, 5.74) is 1.20. The average molecular weight is 427 g/mol. The molecule has 154 valence electrons. The Morgan fingerprint density at radius 1 is 1.03 bits per heavy atom.